The number of methoxy groups -OCH3 is 1. The van der Waals surface area contributed by atoms with Crippen molar-refractivity contribution >= 4 is 11.6 Å². The van der Waals surface area contributed by atoms with E-state index in [0.29, 0.717) is 5.56 Å². The second-order valence-electron chi connectivity index (χ2n) is 6.50. The van der Waals surface area contributed by atoms with Crippen LogP contribution in [0.1, 0.15) is 34.3 Å². The van der Waals surface area contributed by atoms with Gasteiger partial charge in [-0.1, -0.05) is 12.1 Å². The maximum atomic E-state index is 12.9. The summed E-state index contributed by atoms with van der Waals surface area (Å²) in [6, 6.07) is 8.54. The zero-order valence-corrected chi connectivity index (χ0v) is 14.9. The lowest BCUT2D eigenvalue weighted by molar-refractivity contribution is -0.385. The average Bonchev–Trinajstić information content (AvgIpc) is 3.49. The zero-order valence-electron chi connectivity index (χ0n) is 14.9. The third-order valence-corrected chi connectivity index (χ3v) is 4.51. The van der Waals surface area contributed by atoms with Gasteiger partial charge < -0.3 is 9.64 Å². The number of hydrogen-bond acceptors (Lipinski definition) is 4. The molecule has 0 saturated heterocycles. The number of alkyl halides is 3. The van der Waals surface area contributed by atoms with Crippen molar-refractivity contribution in [2.24, 2.45) is 0 Å². The molecule has 1 amide bonds. The summed E-state index contributed by atoms with van der Waals surface area (Å²) in [6.07, 6.45) is -2.86. The van der Waals surface area contributed by atoms with E-state index in [1.807, 2.05) is 0 Å². The van der Waals surface area contributed by atoms with Crippen LogP contribution in [0.3, 0.4) is 0 Å². The predicted octanol–water partition coefficient (Wildman–Crippen LogP) is 4.43. The highest BCUT2D eigenvalue weighted by Gasteiger charge is 2.34. The molecule has 1 saturated carbocycles. The molecule has 9 heteroatoms. The second-order valence-corrected chi connectivity index (χ2v) is 6.50. The number of ether oxygens (including phenoxy) is 1. The number of nitro benzene ring substituents is 1. The molecule has 0 bridgehead atoms. The predicted molar refractivity (Wildman–Crippen MR) is 94.0 cm³/mol. The van der Waals surface area contributed by atoms with Gasteiger partial charge in [-0.15, -0.1) is 0 Å². The topological polar surface area (TPSA) is 72.7 Å². The van der Waals surface area contributed by atoms with E-state index in [1.54, 1.807) is 0 Å². The van der Waals surface area contributed by atoms with Crippen LogP contribution in [0, 0.1) is 10.1 Å². The number of halogens is 3. The summed E-state index contributed by atoms with van der Waals surface area (Å²) in [5, 5.41) is 11.2. The van der Waals surface area contributed by atoms with Gasteiger partial charge in [0.1, 0.15) is 0 Å². The molecule has 0 atom stereocenters. The van der Waals surface area contributed by atoms with Crippen molar-refractivity contribution in [2.75, 3.05) is 7.11 Å². The van der Waals surface area contributed by atoms with Crippen LogP contribution >= 0.6 is 0 Å². The molecule has 0 aliphatic heterocycles. The van der Waals surface area contributed by atoms with Crippen LogP contribution in [0.25, 0.3) is 0 Å². The number of carbonyl (C=O) groups is 1. The zero-order chi connectivity index (χ0) is 20.5. The number of nitro groups is 1. The van der Waals surface area contributed by atoms with Crippen LogP contribution < -0.4 is 4.74 Å². The van der Waals surface area contributed by atoms with Crippen LogP contribution in [0.15, 0.2) is 42.5 Å². The summed E-state index contributed by atoms with van der Waals surface area (Å²) in [7, 11) is 1.30. The van der Waals surface area contributed by atoms with Gasteiger partial charge in [0.15, 0.2) is 5.75 Å². The van der Waals surface area contributed by atoms with Crippen molar-refractivity contribution in [1.29, 1.82) is 0 Å². The van der Waals surface area contributed by atoms with Crippen LogP contribution in [0.4, 0.5) is 18.9 Å². The molecule has 0 heterocycles. The summed E-state index contributed by atoms with van der Waals surface area (Å²) < 4.78 is 43.1. The number of carbonyl (C=O) groups excluding carboxylic acids is 1. The van der Waals surface area contributed by atoms with Gasteiger partial charge in [-0.25, -0.2) is 0 Å². The number of benzene rings is 2. The fraction of sp³-hybridized carbons (Fsp3) is 0.316. The van der Waals surface area contributed by atoms with Crippen LogP contribution in [0.2, 0.25) is 0 Å². The van der Waals surface area contributed by atoms with E-state index >= 15 is 0 Å². The molecule has 1 aliphatic carbocycles. The summed E-state index contributed by atoms with van der Waals surface area (Å²) >= 11 is 0. The fourth-order valence-corrected chi connectivity index (χ4v) is 2.88. The minimum absolute atomic E-state index is 0.0315. The Morgan fingerprint density at radius 3 is 2.36 bits per heavy atom. The van der Waals surface area contributed by atoms with E-state index in [-0.39, 0.29) is 29.6 Å². The highest BCUT2D eigenvalue weighted by molar-refractivity contribution is 5.95. The third-order valence-electron chi connectivity index (χ3n) is 4.51. The molecular weight excluding hydrogens is 377 g/mol. The van der Waals surface area contributed by atoms with E-state index < -0.39 is 22.6 Å². The first-order valence-electron chi connectivity index (χ1n) is 8.50. The Morgan fingerprint density at radius 2 is 1.86 bits per heavy atom. The van der Waals surface area contributed by atoms with E-state index in [0.717, 1.165) is 31.0 Å². The molecule has 1 aliphatic rings. The van der Waals surface area contributed by atoms with E-state index in [2.05, 4.69) is 0 Å². The Balaban J connectivity index is 1.84. The molecule has 2 aromatic carbocycles. The van der Waals surface area contributed by atoms with Gasteiger partial charge in [0.2, 0.25) is 0 Å². The van der Waals surface area contributed by atoms with Gasteiger partial charge in [0.25, 0.3) is 5.91 Å². The maximum absolute atomic E-state index is 12.9. The summed E-state index contributed by atoms with van der Waals surface area (Å²) in [5.74, 6) is -0.365. The Bertz CT molecular complexity index is 893. The van der Waals surface area contributed by atoms with Gasteiger partial charge in [0, 0.05) is 24.2 Å². The van der Waals surface area contributed by atoms with E-state index in [4.69, 9.17) is 4.74 Å². The van der Waals surface area contributed by atoms with Crippen molar-refractivity contribution < 1.29 is 27.6 Å². The molecule has 0 unspecified atom stereocenters. The van der Waals surface area contributed by atoms with Gasteiger partial charge in [-0.3, -0.25) is 14.9 Å². The number of hydrogen-bond donors (Lipinski definition) is 0. The number of amides is 1. The van der Waals surface area contributed by atoms with Gasteiger partial charge >= 0.3 is 11.9 Å². The molecule has 0 radical (unpaired) electrons. The third kappa shape index (κ3) is 4.24. The number of nitrogens with zero attached hydrogens (tertiary/aromatic N) is 2. The van der Waals surface area contributed by atoms with Crippen molar-refractivity contribution in [3.63, 3.8) is 0 Å². The highest BCUT2D eigenvalue weighted by Crippen LogP contribution is 2.33. The Hall–Kier alpha value is -3.10. The first-order chi connectivity index (χ1) is 13.2. The molecule has 0 N–H and O–H groups in total. The summed E-state index contributed by atoms with van der Waals surface area (Å²) in [5.41, 5.74) is -0.396. The molecule has 6 nitrogen and oxygen atoms in total. The van der Waals surface area contributed by atoms with E-state index in [1.165, 1.54) is 36.3 Å². The Labute approximate surface area is 158 Å². The highest BCUT2D eigenvalue weighted by atomic mass is 19.4. The summed E-state index contributed by atoms with van der Waals surface area (Å²) in [4.78, 5) is 25.0. The smallest absolute Gasteiger partial charge is 0.416 e. The standard InChI is InChI=1S/C19H17F3N2O4/c1-28-17-9-4-13(10-16(17)24(26)27)18(25)23(15-7-8-15)11-12-2-5-14(6-3-12)19(20,21)22/h2-6,9-10,15H,7-8,11H2,1H3. The quantitative estimate of drug-likeness (QED) is 0.537. The van der Waals surface area contributed by atoms with Crippen molar-refractivity contribution in [2.45, 2.75) is 31.6 Å². The SMILES string of the molecule is COc1ccc(C(=O)N(Cc2ccc(C(F)(F)F)cc2)C2CC2)cc1[N+](=O)[O-]. The fourth-order valence-electron chi connectivity index (χ4n) is 2.88. The Kier molecular flexibility index (Phi) is 5.26. The minimum Gasteiger partial charge on any atom is -0.490 e. The lowest BCUT2D eigenvalue weighted by atomic mass is 10.1. The Morgan fingerprint density at radius 1 is 1.21 bits per heavy atom. The van der Waals surface area contributed by atoms with Gasteiger partial charge in [-0.05, 0) is 42.7 Å². The van der Waals surface area contributed by atoms with Gasteiger partial charge in [-0.2, -0.15) is 13.2 Å². The number of rotatable bonds is 6. The van der Waals surface area contributed by atoms with Crippen molar-refractivity contribution in [1.82, 2.24) is 4.90 Å². The van der Waals surface area contributed by atoms with E-state index in [9.17, 15) is 28.1 Å². The first kappa shape index (κ1) is 19.7. The minimum atomic E-state index is -4.42. The van der Waals surface area contributed by atoms with Crippen LogP contribution in [-0.2, 0) is 12.7 Å². The van der Waals surface area contributed by atoms with Gasteiger partial charge in [0.05, 0.1) is 17.6 Å². The molecule has 1 fully saturated rings. The maximum Gasteiger partial charge on any atom is 0.416 e. The van der Waals surface area contributed by atoms with Crippen molar-refractivity contribution in [3.05, 3.63) is 69.3 Å². The summed E-state index contributed by atoms with van der Waals surface area (Å²) in [6.45, 7) is 0.126. The molecule has 148 valence electrons. The van der Waals surface area contributed by atoms with Crippen LogP contribution in [0.5, 0.6) is 5.75 Å². The normalized spacial score (nSPS) is 13.9. The average molecular weight is 394 g/mol. The lowest BCUT2D eigenvalue weighted by Gasteiger charge is -2.23. The lowest BCUT2D eigenvalue weighted by Crippen LogP contribution is -2.32. The largest absolute Gasteiger partial charge is 0.490 e. The monoisotopic (exact) mass is 394 g/mol. The first-order valence-corrected chi connectivity index (χ1v) is 8.50. The molecule has 0 spiro atoms. The molecule has 2 aromatic rings. The van der Waals surface area contributed by atoms with Crippen molar-refractivity contribution in [3.8, 4) is 5.75 Å². The van der Waals surface area contributed by atoms with Crippen LogP contribution in [-0.4, -0.2) is 28.9 Å². The molecule has 3 rings (SSSR count). The second kappa shape index (κ2) is 7.49. The molecule has 28 heavy (non-hydrogen) atoms. The molecule has 0 aromatic heterocycles. The molecular formula is C19H17F3N2O4.